The maximum atomic E-state index is 11.6. The summed E-state index contributed by atoms with van der Waals surface area (Å²) in [6, 6.07) is 0. The van der Waals surface area contributed by atoms with Gasteiger partial charge in [0, 0.05) is 0 Å². The second-order valence-electron chi connectivity index (χ2n) is 5.28. The normalized spacial score (nSPS) is 18.6. The van der Waals surface area contributed by atoms with Crippen molar-refractivity contribution < 1.29 is 14.4 Å². The Morgan fingerprint density at radius 1 is 1.59 bits per heavy atom. The van der Waals surface area contributed by atoms with Gasteiger partial charge in [0.25, 0.3) is 0 Å². The van der Waals surface area contributed by atoms with E-state index < -0.39 is 11.0 Å². The van der Waals surface area contributed by atoms with Gasteiger partial charge in [0.2, 0.25) is 0 Å². The lowest BCUT2D eigenvalue weighted by molar-refractivity contribution is -0.155. The summed E-state index contributed by atoms with van der Waals surface area (Å²) in [6.45, 7) is 6.09. The van der Waals surface area contributed by atoms with Crippen molar-refractivity contribution in [1.29, 1.82) is 0 Å². The van der Waals surface area contributed by atoms with Crippen molar-refractivity contribution in [1.82, 2.24) is 15.2 Å². The third-order valence-electron chi connectivity index (χ3n) is 2.49. The lowest BCUT2D eigenvalue weighted by Gasteiger charge is -2.35. The fourth-order valence-corrected chi connectivity index (χ4v) is 1.21. The fourth-order valence-electron chi connectivity index (χ4n) is 1.21. The van der Waals surface area contributed by atoms with Crippen LogP contribution in [-0.4, -0.2) is 34.3 Å². The van der Waals surface area contributed by atoms with Crippen LogP contribution in [0.5, 0.6) is 0 Å². The van der Waals surface area contributed by atoms with Gasteiger partial charge in [-0.25, -0.2) is 4.79 Å². The molecule has 0 bridgehead atoms. The molecule has 1 aliphatic rings. The van der Waals surface area contributed by atoms with Gasteiger partial charge in [-0.15, -0.1) is 5.10 Å². The van der Waals surface area contributed by atoms with E-state index >= 15 is 0 Å². The Kier molecular flexibility index (Phi) is 2.67. The highest BCUT2D eigenvalue weighted by Crippen LogP contribution is 2.24. The highest BCUT2D eigenvalue weighted by molar-refractivity contribution is 5.75. The van der Waals surface area contributed by atoms with Crippen LogP contribution < -0.4 is 10.6 Å². The molecule has 7 nitrogen and oxygen atoms in total. The van der Waals surface area contributed by atoms with E-state index in [0.717, 1.165) is 4.85 Å². The Bertz CT molecular complexity index is 431. The van der Waals surface area contributed by atoms with Crippen LogP contribution >= 0.6 is 0 Å². The van der Waals surface area contributed by atoms with Gasteiger partial charge in [0.1, 0.15) is 11.2 Å². The maximum absolute atomic E-state index is 11.6. The van der Waals surface area contributed by atoms with Crippen molar-refractivity contribution in [2.45, 2.75) is 26.3 Å². The largest absolute Gasteiger partial charge is 0.377 e. The third-order valence-corrected chi connectivity index (χ3v) is 2.49. The molecular formula is C10H16N4O3. The van der Waals surface area contributed by atoms with Crippen LogP contribution in [0.4, 0.5) is 0 Å². The summed E-state index contributed by atoms with van der Waals surface area (Å²) in [5.74, 6) is -0.384. The number of carbonyl (C=O) groups is 1. The van der Waals surface area contributed by atoms with Crippen molar-refractivity contribution >= 4 is 5.97 Å². The Hall–Kier alpha value is -1.47. The molecule has 17 heavy (non-hydrogen) atoms. The zero-order chi connectivity index (χ0) is 12.7. The van der Waals surface area contributed by atoms with Crippen molar-refractivity contribution in [3.63, 3.8) is 0 Å². The summed E-state index contributed by atoms with van der Waals surface area (Å²) < 4.78 is 5.03. The summed E-state index contributed by atoms with van der Waals surface area (Å²) in [6.07, 6.45) is 1.51. The molecule has 0 atom stereocenters. The monoisotopic (exact) mass is 240 g/mol. The summed E-state index contributed by atoms with van der Waals surface area (Å²) in [4.78, 5) is 17.7. The third kappa shape index (κ3) is 2.29. The first-order valence-electron chi connectivity index (χ1n) is 5.33. The molecule has 0 amide bonds. The van der Waals surface area contributed by atoms with Gasteiger partial charge in [0.05, 0.1) is 24.8 Å². The van der Waals surface area contributed by atoms with Gasteiger partial charge in [-0.05, 0) is 26.0 Å². The van der Waals surface area contributed by atoms with Crippen LogP contribution in [-0.2, 0) is 15.1 Å². The van der Waals surface area contributed by atoms with Crippen molar-refractivity contribution in [2.24, 2.45) is 11.1 Å². The number of aromatic nitrogens is 3. The van der Waals surface area contributed by atoms with E-state index in [0.29, 0.717) is 18.9 Å². The Balaban J connectivity index is 2.07. The number of ether oxygens (including phenoxy) is 1. The number of rotatable bonds is 2. The molecule has 0 radical (unpaired) electrons. The smallest absolute Gasteiger partial charge is 0.340 e. The summed E-state index contributed by atoms with van der Waals surface area (Å²) >= 11 is 0. The summed E-state index contributed by atoms with van der Waals surface area (Å²) in [5, 5.41) is 7.58. The first kappa shape index (κ1) is 12.0. The molecule has 2 rings (SSSR count). The Morgan fingerprint density at radius 2 is 2.24 bits per heavy atom. The van der Waals surface area contributed by atoms with Crippen LogP contribution in [0.1, 0.15) is 26.5 Å². The van der Waals surface area contributed by atoms with Crippen molar-refractivity contribution in [3.8, 4) is 0 Å². The minimum Gasteiger partial charge on any atom is -0.377 e. The van der Waals surface area contributed by atoms with Crippen LogP contribution in [0.15, 0.2) is 6.20 Å². The van der Waals surface area contributed by atoms with Gasteiger partial charge in [-0.1, -0.05) is 4.85 Å². The van der Waals surface area contributed by atoms with E-state index in [1.54, 1.807) is 20.8 Å². The molecule has 7 heteroatoms. The molecule has 0 unspecified atom stereocenters. The predicted octanol–water partition coefficient (Wildman–Crippen LogP) is -0.536. The second-order valence-corrected chi connectivity index (χ2v) is 5.28. The molecule has 2 N–H and O–H groups in total. The molecule has 0 saturated carbocycles. The quantitative estimate of drug-likeness (QED) is 0.698. The van der Waals surface area contributed by atoms with Gasteiger partial charge in [0.15, 0.2) is 0 Å². The molecule has 1 saturated heterocycles. The summed E-state index contributed by atoms with van der Waals surface area (Å²) in [5.41, 5.74) is 5.34. The van der Waals surface area contributed by atoms with Crippen molar-refractivity contribution in [2.75, 3.05) is 13.2 Å². The molecule has 1 fully saturated rings. The van der Waals surface area contributed by atoms with Gasteiger partial charge >= 0.3 is 5.97 Å². The second kappa shape index (κ2) is 3.78. The minimum atomic E-state index is -0.605. The molecule has 1 aromatic rings. The van der Waals surface area contributed by atoms with Crippen molar-refractivity contribution in [3.05, 3.63) is 11.9 Å². The lowest BCUT2D eigenvalue weighted by atomic mass is 9.96. The molecule has 0 aliphatic carbocycles. The maximum Gasteiger partial charge on any atom is 0.340 e. The number of hydrogen-bond donors (Lipinski definition) is 1. The first-order valence-corrected chi connectivity index (χ1v) is 5.33. The lowest BCUT2D eigenvalue weighted by Crippen LogP contribution is -2.54. The SMILES string of the molecule is CC(C)(C)C(=O)On1cc(C2(N)COC2)nn1. The van der Waals surface area contributed by atoms with Crippen LogP contribution in [0.2, 0.25) is 0 Å². The average molecular weight is 240 g/mol. The Morgan fingerprint density at radius 3 is 2.71 bits per heavy atom. The standard InChI is InChI=1S/C10H16N4O3/c1-9(2,3)8(15)17-14-4-7(12-13-14)10(11)5-16-6-10/h4H,5-6,11H2,1-3H3. The highest BCUT2D eigenvalue weighted by Gasteiger charge is 2.39. The van der Waals surface area contributed by atoms with Gasteiger partial charge in [-0.3, -0.25) is 0 Å². The molecule has 0 aromatic carbocycles. The topological polar surface area (TPSA) is 92.3 Å². The zero-order valence-corrected chi connectivity index (χ0v) is 10.1. The number of carbonyl (C=O) groups excluding carboxylic acids is 1. The van der Waals surface area contributed by atoms with Gasteiger partial charge in [-0.2, -0.15) is 0 Å². The molecule has 2 heterocycles. The molecule has 0 spiro atoms. The first-order chi connectivity index (χ1) is 7.81. The number of nitrogens with two attached hydrogens (primary N) is 1. The van der Waals surface area contributed by atoms with E-state index in [1.165, 1.54) is 6.20 Å². The molecule has 94 valence electrons. The van der Waals surface area contributed by atoms with E-state index in [1.807, 2.05) is 0 Å². The molecule has 1 aromatic heterocycles. The van der Waals surface area contributed by atoms with Crippen LogP contribution in [0.3, 0.4) is 0 Å². The van der Waals surface area contributed by atoms with Crippen LogP contribution in [0, 0.1) is 5.41 Å². The molecule has 1 aliphatic heterocycles. The number of hydrogen-bond acceptors (Lipinski definition) is 6. The van der Waals surface area contributed by atoms with Crippen LogP contribution in [0.25, 0.3) is 0 Å². The summed E-state index contributed by atoms with van der Waals surface area (Å²) in [7, 11) is 0. The number of nitrogens with zero attached hydrogens (tertiary/aromatic N) is 3. The van der Waals surface area contributed by atoms with E-state index in [9.17, 15) is 4.79 Å². The van der Waals surface area contributed by atoms with E-state index in [2.05, 4.69) is 10.3 Å². The van der Waals surface area contributed by atoms with Gasteiger partial charge < -0.3 is 15.3 Å². The fraction of sp³-hybridized carbons (Fsp3) is 0.700. The average Bonchev–Trinajstić information content (AvgIpc) is 2.61. The Labute approximate surface area is 98.8 Å². The molecular weight excluding hydrogens is 224 g/mol. The minimum absolute atomic E-state index is 0.384. The zero-order valence-electron chi connectivity index (χ0n) is 10.1. The van der Waals surface area contributed by atoms with E-state index in [4.69, 9.17) is 15.3 Å². The predicted molar refractivity (Wildman–Crippen MR) is 57.7 cm³/mol. The van der Waals surface area contributed by atoms with E-state index in [-0.39, 0.29) is 5.97 Å². The highest BCUT2D eigenvalue weighted by atomic mass is 16.7.